The summed E-state index contributed by atoms with van der Waals surface area (Å²) in [7, 11) is 0. The standard InChI is InChI=1S/C19H25N3O2S.2ClH/c1-3-24-13(2)19-21-15(12-25-19)9-18(23)22-10-16(17(20)11-22)14-7-5-4-6-8-14;;/h4-8,12-13,16-17H,3,9-11,20H2,1-2H3;2*1H/t13?,16-,17+;;/m0../s1. The predicted molar refractivity (Wildman–Crippen MR) is 114 cm³/mol. The van der Waals surface area contributed by atoms with Crippen LogP contribution in [0.2, 0.25) is 0 Å². The normalized spacial score (nSPS) is 19.9. The van der Waals surface area contributed by atoms with E-state index in [1.807, 2.05) is 42.3 Å². The highest BCUT2D eigenvalue weighted by molar-refractivity contribution is 7.09. The Hall–Kier alpha value is -1.18. The average Bonchev–Trinajstić information content (AvgIpc) is 3.23. The molecule has 2 N–H and O–H groups in total. The highest BCUT2D eigenvalue weighted by Gasteiger charge is 2.33. The third-order valence-electron chi connectivity index (χ3n) is 4.61. The minimum Gasteiger partial charge on any atom is -0.372 e. The lowest BCUT2D eigenvalue weighted by Crippen LogP contribution is -2.33. The molecule has 1 unspecified atom stereocenters. The largest absolute Gasteiger partial charge is 0.372 e. The van der Waals surface area contributed by atoms with Gasteiger partial charge in [-0.15, -0.1) is 36.2 Å². The summed E-state index contributed by atoms with van der Waals surface area (Å²) in [4.78, 5) is 19.1. The van der Waals surface area contributed by atoms with E-state index in [1.165, 1.54) is 5.56 Å². The van der Waals surface area contributed by atoms with Gasteiger partial charge in [0, 0.05) is 37.0 Å². The van der Waals surface area contributed by atoms with Gasteiger partial charge in [0.05, 0.1) is 12.1 Å². The molecule has 0 saturated carbocycles. The maximum absolute atomic E-state index is 12.6. The number of aromatic nitrogens is 1. The Kier molecular flexibility index (Phi) is 9.70. The van der Waals surface area contributed by atoms with Crippen molar-refractivity contribution in [3.8, 4) is 0 Å². The number of halogens is 2. The summed E-state index contributed by atoms with van der Waals surface area (Å²) in [5, 5.41) is 2.87. The number of likely N-dealkylation sites (tertiary alicyclic amines) is 1. The lowest BCUT2D eigenvalue weighted by atomic mass is 9.95. The van der Waals surface area contributed by atoms with Gasteiger partial charge in [-0.1, -0.05) is 30.3 Å². The van der Waals surface area contributed by atoms with Crippen LogP contribution in [0.1, 0.15) is 42.1 Å². The van der Waals surface area contributed by atoms with Gasteiger partial charge < -0.3 is 15.4 Å². The molecule has 0 radical (unpaired) electrons. The minimum atomic E-state index is -0.0264. The number of amides is 1. The van der Waals surface area contributed by atoms with Crippen LogP contribution >= 0.6 is 36.2 Å². The monoisotopic (exact) mass is 431 g/mol. The zero-order valence-electron chi connectivity index (χ0n) is 15.5. The summed E-state index contributed by atoms with van der Waals surface area (Å²) in [5.41, 5.74) is 8.30. The molecule has 2 heterocycles. The first-order valence-electron chi connectivity index (χ1n) is 8.72. The van der Waals surface area contributed by atoms with Gasteiger partial charge in [-0.3, -0.25) is 4.79 Å². The first-order valence-corrected chi connectivity index (χ1v) is 9.60. The summed E-state index contributed by atoms with van der Waals surface area (Å²) < 4.78 is 5.56. The lowest BCUT2D eigenvalue weighted by Gasteiger charge is -2.16. The number of rotatable bonds is 6. The van der Waals surface area contributed by atoms with Crippen molar-refractivity contribution in [3.63, 3.8) is 0 Å². The van der Waals surface area contributed by atoms with E-state index in [4.69, 9.17) is 10.5 Å². The molecule has 1 aromatic heterocycles. The van der Waals surface area contributed by atoms with Gasteiger partial charge in [0.2, 0.25) is 5.91 Å². The number of benzene rings is 1. The summed E-state index contributed by atoms with van der Waals surface area (Å²) >= 11 is 1.55. The van der Waals surface area contributed by atoms with Crippen LogP contribution in [0.3, 0.4) is 0 Å². The van der Waals surface area contributed by atoms with Gasteiger partial charge in [0.15, 0.2) is 0 Å². The summed E-state index contributed by atoms with van der Waals surface area (Å²) in [6.07, 6.45) is 0.297. The molecule has 27 heavy (non-hydrogen) atoms. The smallest absolute Gasteiger partial charge is 0.228 e. The van der Waals surface area contributed by atoms with E-state index in [0.29, 0.717) is 26.1 Å². The fourth-order valence-electron chi connectivity index (χ4n) is 3.26. The SMILES string of the molecule is CCOC(C)c1nc(CC(=O)N2C[C@@H](N)[C@H](c3ccccc3)C2)cs1.Cl.Cl. The van der Waals surface area contributed by atoms with Crippen LogP contribution in [0.15, 0.2) is 35.7 Å². The molecule has 1 amide bonds. The number of thiazole rings is 1. The molecule has 3 rings (SSSR count). The molecule has 1 aliphatic rings. The van der Waals surface area contributed by atoms with Crippen LogP contribution < -0.4 is 5.73 Å². The van der Waals surface area contributed by atoms with Crippen molar-refractivity contribution in [2.75, 3.05) is 19.7 Å². The Morgan fingerprint density at radius 3 is 2.70 bits per heavy atom. The highest BCUT2D eigenvalue weighted by atomic mass is 35.5. The Labute approximate surface area is 177 Å². The van der Waals surface area contributed by atoms with Gasteiger partial charge in [0.25, 0.3) is 0 Å². The van der Waals surface area contributed by atoms with Crippen molar-refractivity contribution in [1.82, 2.24) is 9.88 Å². The Bertz CT molecular complexity index is 714. The third-order valence-corrected chi connectivity index (χ3v) is 5.67. The van der Waals surface area contributed by atoms with Crippen LogP contribution in [0.25, 0.3) is 0 Å². The van der Waals surface area contributed by atoms with Crippen LogP contribution in [-0.4, -0.2) is 41.5 Å². The molecule has 8 heteroatoms. The molecule has 1 fully saturated rings. The van der Waals surface area contributed by atoms with E-state index in [0.717, 1.165) is 10.7 Å². The maximum Gasteiger partial charge on any atom is 0.228 e. The van der Waals surface area contributed by atoms with Crippen molar-refractivity contribution in [2.24, 2.45) is 5.73 Å². The van der Waals surface area contributed by atoms with Crippen molar-refractivity contribution in [3.05, 3.63) is 52.0 Å². The van der Waals surface area contributed by atoms with Gasteiger partial charge >= 0.3 is 0 Å². The number of carbonyl (C=O) groups is 1. The highest BCUT2D eigenvalue weighted by Crippen LogP contribution is 2.27. The topological polar surface area (TPSA) is 68.5 Å². The van der Waals surface area contributed by atoms with E-state index in [9.17, 15) is 4.79 Å². The zero-order valence-corrected chi connectivity index (χ0v) is 18.0. The maximum atomic E-state index is 12.6. The molecule has 2 aromatic rings. The summed E-state index contributed by atoms with van der Waals surface area (Å²) in [5.74, 6) is 0.295. The molecule has 0 spiro atoms. The molecule has 5 nitrogen and oxygen atoms in total. The molecule has 0 bridgehead atoms. The van der Waals surface area contributed by atoms with Gasteiger partial charge in [0.1, 0.15) is 11.1 Å². The molecule has 1 aliphatic heterocycles. The van der Waals surface area contributed by atoms with E-state index in [2.05, 4.69) is 17.1 Å². The third kappa shape index (κ3) is 5.90. The predicted octanol–water partition coefficient (Wildman–Crippen LogP) is 3.58. The summed E-state index contributed by atoms with van der Waals surface area (Å²) in [6.45, 7) is 5.88. The first-order chi connectivity index (χ1) is 12.1. The van der Waals surface area contributed by atoms with Gasteiger partial charge in [-0.2, -0.15) is 0 Å². The molecule has 150 valence electrons. The minimum absolute atomic E-state index is 0. The zero-order chi connectivity index (χ0) is 17.8. The Morgan fingerprint density at radius 2 is 2.04 bits per heavy atom. The van der Waals surface area contributed by atoms with E-state index >= 15 is 0 Å². The van der Waals surface area contributed by atoms with Crippen LogP contribution in [0.5, 0.6) is 0 Å². The van der Waals surface area contributed by atoms with E-state index in [-0.39, 0.29) is 48.8 Å². The van der Waals surface area contributed by atoms with Crippen molar-refractivity contribution in [1.29, 1.82) is 0 Å². The van der Waals surface area contributed by atoms with E-state index < -0.39 is 0 Å². The number of nitrogens with two attached hydrogens (primary N) is 1. The summed E-state index contributed by atoms with van der Waals surface area (Å²) in [6, 6.07) is 10.2. The van der Waals surface area contributed by atoms with Crippen molar-refractivity contribution < 1.29 is 9.53 Å². The lowest BCUT2D eigenvalue weighted by molar-refractivity contribution is -0.129. The number of nitrogens with zero attached hydrogens (tertiary/aromatic N) is 2. The second kappa shape index (κ2) is 11.0. The fraction of sp³-hybridized carbons (Fsp3) is 0.474. The quantitative estimate of drug-likeness (QED) is 0.758. The fourth-order valence-corrected chi connectivity index (χ4v) is 4.09. The van der Waals surface area contributed by atoms with Gasteiger partial charge in [-0.05, 0) is 19.4 Å². The molecular weight excluding hydrogens is 405 g/mol. The molecule has 0 aliphatic carbocycles. The molecule has 1 saturated heterocycles. The first kappa shape index (κ1) is 23.9. The Morgan fingerprint density at radius 1 is 1.33 bits per heavy atom. The van der Waals surface area contributed by atoms with Crippen molar-refractivity contribution in [2.45, 2.75) is 38.3 Å². The molecule has 1 aromatic carbocycles. The average molecular weight is 432 g/mol. The number of ether oxygens (including phenoxy) is 1. The second-order valence-corrected chi connectivity index (χ2v) is 7.32. The second-order valence-electron chi connectivity index (χ2n) is 6.43. The number of carbonyl (C=O) groups excluding carboxylic acids is 1. The van der Waals surface area contributed by atoms with Crippen LogP contribution in [-0.2, 0) is 16.0 Å². The number of hydrogen-bond donors (Lipinski definition) is 1. The van der Waals surface area contributed by atoms with Crippen LogP contribution in [0.4, 0.5) is 0 Å². The van der Waals surface area contributed by atoms with Crippen LogP contribution in [0, 0.1) is 0 Å². The van der Waals surface area contributed by atoms with Crippen molar-refractivity contribution >= 4 is 42.1 Å². The Balaban J connectivity index is 0.00000182. The molecular formula is C19H27Cl2N3O2S. The molecule has 3 atom stereocenters. The number of hydrogen-bond acceptors (Lipinski definition) is 5. The van der Waals surface area contributed by atoms with Gasteiger partial charge in [-0.25, -0.2) is 4.98 Å². The van der Waals surface area contributed by atoms with E-state index in [1.54, 1.807) is 11.3 Å².